The Labute approximate surface area is 221 Å². The molecule has 37 heavy (non-hydrogen) atoms. The van der Waals surface area contributed by atoms with Crippen molar-refractivity contribution >= 4 is 17.5 Å². The number of nitrogens with zero attached hydrogens (tertiary/aromatic N) is 1. The second-order valence-corrected chi connectivity index (χ2v) is 14.2. The number of carbonyl (C=O) groups excluding carboxylic acids is 3. The number of nitriles is 1. The molecule has 0 aromatic heterocycles. The van der Waals surface area contributed by atoms with E-state index in [-0.39, 0.29) is 63.0 Å². The van der Waals surface area contributed by atoms with Crippen LogP contribution in [0.2, 0.25) is 0 Å². The molecule has 0 radical (unpaired) electrons. The van der Waals surface area contributed by atoms with Gasteiger partial charge < -0.3 is 0 Å². The van der Waals surface area contributed by atoms with Crippen molar-refractivity contribution in [2.24, 2.45) is 50.7 Å². The third-order valence-electron chi connectivity index (χ3n) is 12.2. The molecule has 3 fully saturated rings. The molecule has 0 aliphatic heterocycles. The van der Waals surface area contributed by atoms with Gasteiger partial charge in [-0.3, -0.25) is 19.2 Å². The summed E-state index contributed by atoms with van der Waals surface area (Å²) in [6.45, 7) is 13.2. The fourth-order valence-electron chi connectivity index (χ4n) is 9.84. The van der Waals surface area contributed by atoms with E-state index >= 15 is 0 Å². The van der Waals surface area contributed by atoms with Crippen molar-refractivity contribution in [3.63, 3.8) is 0 Å². The van der Waals surface area contributed by atoms with Crippen LogP contribution in [-0.2, 0) is 19.2 Å². The third kappa shape index (κ3) is 3.28. The zero-order valence-corrected chi connectivity index (χ0v) is 23.5. The van der Waals surface area contributed by atoms with Gasteiger partial charge in [-0.2, -0.15) is 5.26 Å². The summed E-state index contributed by atoms with van der Waals surface area (Å²) in [6.07, 6.45) is 9.62. The number of carbonyl (C=O) groups is 3. The van der Waals surface area contributed by atoms with Crippen LogP contribution in [0.4, 0.5) is 0 Å². The summed E-state index contributed by atoms with van der Waals surface area (Å²) in [5, 5.41) is 9.76. The number of nitrogens with one attached hydrogen (secondary N) is 1. The zero-order chi connectivity index (χ0) is 27.2. The summed E-state index contributed by atoms with van der Waals surface area (Å²) < 4.78 is 0. The number of hydrogen-bond donors (Lipinski definition) is 1. The summed E-state index contributed by atoms with van der Waals surface area (Å²) in [5.74, 6) is -0.516. The Bertz CT molecular complexity index is 1180. The fraction of sp³-hybridized carbons (Fsp3) is 0.742. The fourth-order valence-corrected chi connectivity index (χ4v) is 9.84. The number of allylic oxidation sites excluding steroid dienone is 4. The van der Waals surface area contributed by atoms with Crippen molar-refractivity contribution in [2.45, 2.75) is 86.5 Å². The Kier molecular flexibility index (Phi) is 5.78. The van der Waals surface area contributed by atoms with Gasteiger partial charge in [0.2, 0.25) is 5.91 Å². The molecule has 5 aliphatic carbocycles. The largest absolute Gasteiger partial charge is 0.295 e. The number of fused-ring (bicyclic) bond motifs is 7. The number of amides is 1. The maximum absolute atomic E-state index is 14.3. The average Bonchev–Trinajstić information content (AvgIpc) is 2.82. The molecule has 5 rings (SSSR count). The lowest BCUT2D eigenvalue weighted by atomic mass is 9.35. The number of rotatable bonds is 2. The lowest BCUT2D eigenvalue weighted by Gasteiger charge is -2.68. The van der Waals surface area contributed by atoms with Gasteiger partial charge in [0.15, 0.2) is 11.6 Å². The van der Waals surface area contributed by atoms with E-state index in [1.807, 2.05) is 19.1 Å². The Balaban J connectivity index is 1.68. The van der Waals surface area contributed by atoms with Crippen LogP contribution in [-0.4, -0.2) is 24.6 Å². The molecule has 6 heteroatoms. The minimum atomic E-state index is -0.603. The quantitative estimate of drug-likeness (QED) is 0.499. The predicted octanol–water partition coefficient (Wildman–Crippen LogP) is 5.49. The normalized spacial score (nSPS) is 46.2. The molecule has 1 amide bonds. The maximum atomic E-state index is 14.3. The van der Waals surface area contributed by atoms with Crippen molar-refractivity contribution in [3.8, 4) is 6.07 Å². The monoisotopic (exact) mass is 506 g/mol. The summed E-state index contributed by atoms with van der Waals surface area (Å²) in [4.78, 5) is 45.9. The van der Waals surface area contributed by atoms with E-state index < -0.39 is 10.8 Å². The summed E-state index contributed by atoms with van der Waals surface area (Å²) in [5.41, 5.74) is 2.33. The Morgan fingerprint density at radius 2 is 1.73 bits per heavy atom. The van der Waals surface area contributed by atoms with E-state index in [4.69, 9.17) is 4.84 Å². The van der Waals surface area contributed by atoms with Crippen LogP contribution in [0.25, 0.3) is 0 Å². The Morgan fingerprint density at radius 3 is 2.38 bits per heavy atom. The van der Waals surface area contributed by atoms with Crippen LogP contribution in [0.15, 0.2) is 23.3 Å². The molecule has 0 saturated heterocycles. The smallest absolute Gasteiger partial charge is 0.250 e. The first-order valence-corrected chi connectivity index (χ1v) is 14.0. The van der Waals surface area contributed by atoms with Crippen LogP contribution < -0.4 is 5.48 Å². The molecule has 0 heterocycles. The highest BCUT2D eigenvalue weighted by Crippen LogP contribution is 2.73. The molecule has 3 saturated carbocycles. The Hall–Kier alpha value is -2.26. The SMILES string of the molecule is CONC(=O)C12CCC(C)(C)CC1C1C(=O)C=C3C4(C)C=C(C#N)C(=O)C(C)C4CCC3(C)C1(C)CC2. The molecule has 0 bridgehead atoms. The van der Waals surface area contributed by atoms with Crippen LogP contribution in [0.5, 0.6) is 0 Å². The molecule has 0 aromatic rings. The minimum absolute atomic E-state index is 0.0538. The van der Waals surface area contributed by atoms with Gasteiger partial charge >= 0.3 is 0 Å². The number of hydroxylamine groups is 1. The summed E-state index contributed by atoms with van der Waals surface area (Å²) >= 11 is 0. The topological polar surface area (TPSA) is 96.3 Å². The van der Waals surface area contributed by atoms with Crippen molar-refractivity contribution in [1.29, 1.82) is 5.26 Å². The van der Waals surface area contributed by atoms with Crippen molar-refractivity contribution in [1.82, 2.24) is 5.48 Å². The van der Waals surface area contributed by atoms with E-state index in [0.717, 1.165) is 50.5 Å². The van der Waals surface area contributed by atoms with E-state index in [1.54, 1.807) is 0 Å². The van der Waals surface area contributed by atoms with Crippen molar-refractivity contribution < 1.29 is 19.2 Å². The molecular formula is C31H42N2O4. The van der Waals surface area contributed by atoms with Gasteiger partial charge in [0, 0.05) is 17.3 Å². The molecule has 8 unspecified atom stereocenters. The first kappa shape index (κ1) is 26.4. The minimum Gasteiger partial charge on any atom is -0.295 e. The lowest BCUT2D eigenvalue weighted by molar-refractivity contribution is -0.183. The summed E-state index contributed by atoms with van der Waals surface area (Å²) in [6, 6.07) is 2.15. The second-order valence-electron chi connectivity index (χ2n) is 14.2. The molecule has 5 aliphatic rings. The second kappa shape index (κ2) is 8.12. The number of ketones is 2. The molecule has 1 N–H and O–H groups in total. The van der Waals surface area contributed by atoms with Gasteiger partial charge in [-0.25, -0.2) is 5.48 Å². The van der Waals surface area contributed by atoms with Crippen LogP contribution >= 0.6 is 0 Å². The van der Waals surface area contributed by atoms with Gasteiger partial charge in [0.25, 0.3) is 0 Å². The number of hydrogen-bond acceptors (Lipinski definition) is 5. The molecule has 6 nitrogen and oxygen atoms in total. The van der Waals surface area contributed by atoms with Gasteiger partial charge in [-0.1, -0.05) is 53.2 Å². The van der Waals surface area contributed by atoms with Gasteiger partial charge in [-0.05, 0) is 79.1 Å². The van der Waals surface area contributed by atoms with Crippen LogP contribution in [0.3, 0.4) is 0 Å². The standard InChI is InChI=1S/C31H42N2O4/c1-18-20-8-9-29(5)23(28(20,4)15-19(17-32)25(18)35)14-22(34)24-21-16-27(2,3)10-12-31(21,26(36)33-37-7)13-11-30(24,29)6/h14-15,18,20-21,24H,8-13,16H2,1-7H3,(H,33,36). The zero-order valence-electron chi connectivity index (χ0n) is 23.5. The summed E-state index contributed by atoms with van der Waals surface area (Å²) in [7, 11) is 1.48. The third-order valence-corrected chi connectivity index (χ3v) is 12.2. The highest BCUT2D eigenvalue weighted by Gasteiger charge is 2.70. The van der Waals surface area contributed by atoms with Crippen molar-refractivity contribution in [2.75, 3.05) is 7.11 Å². The van der Waals surface area contributed by atoms with Gasteiger partial charge in [0.1, 0.15) is 6.07 Å². The molecule has 200 valence electrons. The van der Waals surface area contributed by atoms with Gasteiger partial charge in [0.05, 0.1) is 18.1 Å². The van der Waals surface area contributed by atoms with Gasteiger partial charge in [-0.15, -0.1) is 0 Å². The van der Waals surface area contributed by atoms with E-state index in [1.165, 1.54) is 7.11 Å². The van der Waals surface area contributed by atoms with E-state index in [2.05, 4.69) is 46.2 Å². The van der Waals surface area contributed by atoms with Crippen LogP contribution in [0.1, 0.15) is 86.5 Å². The van der Waals surface area contributed by atoms with E-state index in [0.29, 0.717) is 0 Å². The average molecular weight is 507 g/mol. The first-order chi connectivity index (χ1) is 17.2. The first-order valence-electron chi connectivity index (χ1n) is 14.0. The maximum Gasteiger partial charge on any atom is 0.250 e. The molecule has 0 spiro atoms. The number of Topliss-reactive ketones (excluding diaryl/α,β-unsaturated/α-hetero) is 1. The molecule has 0 aromatic carbocycles. The lowest BCUT2D eigenvalue weighted by Crippen LogP contribution is -2.66. The highest BCUT2D eigenvalue weighted by molar-refractivity contribution is 6.02. The highest BCUT2D eigenvalue weighted by atomic mass is 16.6. The Morgan fingerprint density at radius 1 is 1.05 bits per heavy atom. The molecular weight excluding hydrogens is 464 g/mol. The molecule has 8 atom stereocenters. The predicted molar refractivity (Wildman–Crippen MR) is 139 cm³/mol. The van der Waals surface area contributed by atoms with Crippen molar-refractivity contribution in [3.05, 3.63) is 23.3 Å². The van der Waals surface area contributed by atoms with Crippen LogP contribution in [0, 0.1) is 62.1 Å². The van der Waals surface area contributed by atoms with E-state index in [9.17, 15) is 19.6 Å².